The lowest BCUT2D eigenvalue weighted by atomic mass is 9.97. The van der Waals surface area contributed by atoms with E-state index in [9.17, 15) is 9.59 Å². The Bertz CT molecular complexity index is 963. The second kappa shape index (κ2) is 6.87. The molecule has 0 radical (unpaired) electrons. The molecule has 2 aromatic heterocycles. The molecule has 3 heterocycles. The molecular formula is C21H29N5O2. The fourth-order valence-corrected chi connectivity index (χ4v) is 4.21. The van der Waals surface area contributed by atoms with Gasteiger partial charge in [-0.3, -0.25) is 14.2 Å². The number of fused-ring (bicyclic) bond motifs is 1. The highest BCUT2D eigenvalue weighted by Crippen LogP contribution is 2.31. The zero-order chi connectivity index (χ0) is 20.1. The van der Waals surface area contributed by atoms with Gasteiger partial charge in [-0.2, -0.15) is 4.98 Å². The molecule has 28 heavy (non-hydrogen) atoms. The second-order valence-corrected chi connectivity index (χ2v) is 9.22. The van der Waals surface area contributed by atoms with E-state index in [2.05, 4.69) is 10.3 Å². The predicted octanol–water partition coefficient (Wildman–Crippen LogP) is 2.57. The molecule has 2 aliphatic rings. The van der Waals surface area contributed by atoms with Crippen LogP contribution in [0, 0.1) is 12.8 Å². The molecule has 1 amide bonds. The first kappa shape index (κ1) is 18.9. The molecule has 1 aliphatic heterocycles. The second-order valence-electron chi connectivity index (χ2n) is 9.22. The maximum absolute atomic E-state index is 12.7. The summed E-state index contributed by atoms with van der Waals surface area (Å²) in [4.78, 5) is 36.4. The van der Waals surface area contributed by atoms with Gasteiger partial charge in [0.05, 0.1) is 5.92 Å². The summed E-state index contributed by atoms with van der Waals surface area (Å²) in [7, 11) is 0. The van der Waals surface area contributed by atoms with Crippen molar-refractivity contribution in [3.63, 3.8) is 0 Å². The predicted molar refractivity (Wildman–Crippen MR) is 110 cm³/mol. The highest BCUT2D eigenvalue weighted by Gasteiger charge is 2.36. The normalized spacial score (nSPS) is 18.5. The minimum atomic E-state index is -0.230. The maximum atomic E-state index is 12.7. The van der Waals surface area contributed by atoms with Crippen molar-refractivity contribution in [3.8, 4) is 0 Å². The number of nitrogens with one attached hydrogen (secondary N) is 1. The fraction of sp³-hybridized carbons (Fsp3) is 0.619. The third kappa shape index (κ3) is 3.50. The molecule has 0 bridgehead atoms. The van der Waals surface area contributed by atoms with Crippen LogP contribution in [0.15, 0.2) is 17.1 Å². The summed E-state index contributed by atoms with van der Waals surface area (Å²) in [5.41, 5.74) is 1.43. The van der Waals surface area contributed by atoms with Crippen LogP contribution in [-0.4, -0.2) is 39.1 Å². The summed E-state index contributed by atoms with van der Waals surface area (Å²) in [6.07, 6.45) is 6.18. The van der Waals surface area contributed by atoms with E-state index in [4.69, 9.17) is 4.98 Å². The van der Waals surface area contributed by atoms with E-state index >= 15 is 0 Å². The van der Waals surface area contributed by atoms with Gasteiger partial charge in [0.2, 0.25) is 11.9 Å². The smallest absolute Gasteiger partial charge is 0.252 e. The standard InChI is InChI=1S/C21H29N5O2/c1-13-9-17(27)26(15-7-5-6-8-15)18-16(13)10-22-20(23-18)25-11-14(12-25)19(28)24-21(2,3)4/h9-10,14-15H,5-8,11-12H2,1-4H3,(H,24,28). The van der Waals surface area contributed by atoms with Gasteiger partial charge < -0.3 is 10.2 Å². The number of anilines is 1. The van der Waals surface area contributed by atoms with Crippen molar-refractivity contribution in [2.24, 2.45) is 5.92 Å². The molecular weight excluding hydrogens is 354 g/mol. The van der Waals surface area contributed by atoms with Crippen molar-refractivity contribution in [2.75, 3.05) is 18.0 Å². The third-order valence-electron chi connectivity index (χ3n) is 5.71. The number of hydrogen-bond acceptors (Lipinski definition) is 5. The van der Waals surface area contributed by atoms with Crippen LogP contribution in [-0.2, 0) is 4.79 Å². The van der Waals surface area contributed by atoms with Crippen LogP contribution in [0.2, 0.25) is 0 Å². The first-order valence-electron chi connectivity index (χ1n) is 10.2. The molecule has 1 aliphatic carbocycles. The van der Waals surface area contributed by atoms with Crippen LogP contribution < -0.4 is 15.8 Å². The summed E-state index contributed by atoms with van der Waals surface area (Å²) in [6.45, 7) is 9.09. The van der Waals surface area contributed by atoms with Crippen LogP contribution in [0.5, 0.6) is 0 Å². The van der Waals surface area contributed by atoms with Crippen LogP contribution >= 0.6 is 0 Å². The van der Waals surface area contributed by atoms with E-state index in [0.717, 1.165) is 42.3 Å². The van der Waals surface area contributed by atoms with Crippen molar-refractivity contribution in [1.29, 1.82) is 0 Å². The summed E-state index contributed by atoms with van der Waals surface area (Å²) < 4.78 is 1.87. The molecule has 4 rings (SSSR count). The molecule has 1 saturated heterocycles. The van der Waals surface area contributed by atoms with Crippen LogP contribution in [0.4, 0.5) is 5.95 Å². The summed E-state index contributed by atoms with van der Waals surface area (Å²) >= 11 is 0. The van der Waals surface area contributed by atoms with Crippen molar-refractivity contribution in [2.45, 2.75) is 65.0 Å². The van der Waals surface area contributed by atoms with Crippen LogP contribution in [0.3, 0.4) is 0 Å². The molecule has 1 N–H and O–H groups in total. The topological polar surface area (TPSA) is 80.1 Å². The maximum Gasteiger partial charge on any atom is 0.252 e. The Balaban J connectivity index is 1.61. The first-order chi connectivity index (χ1) is 13.2. The Morgan fingerprint density at radius 2 is 1.89 bits per heavy atom. The highest BCUT2D eigenvalue weighted by molar-refractivity contribution is 5.83. The lowest BCUT2D eigenvalue weighted by Gasteiger charge is -2.39. The largest absolute Gasteiger partial charge is 0.351 e. The third-order valence-corrected chi connectivity index (χ3v) is 5.71. The van der Waals surface area contributed by atoms with E-state index in [1.165, 1.54) is 0 Å². The summed E-state index contributed by atoms with van der Waals surface area (Å²) in [6, 6.07) is 1.92. The van der Waals surface area contributed by atoms with Crippen LogP contribution in [0.25, 0.3) is 11.0 Å². The number of amides is 1. The Morgan fingerprint density at radius 1 is 1.21 bits per heavy atom. The van der Waals surface area contributed by atoms with Gasteiger partial charge in [0.1, 0.15) is 5.65 Å². The number of hydrogen-bond donors (Lipinski definition) is 1. The molecule has 1 saturated carbocycles. The summed E-state index contributed by atoms with van der Waals surface area (Å²) in [5, 5.41) is 3.96. The van der Waals surface area contributed by atoms with Crippen molar-refractivity contribution in [1.82, 2.24) is 19.9 Å². The molecule has 0 aromatic carbocycles. The Morgan fingerprint density at radius 3 is 2.54 bits per heavy atom. The monoisotopic (exact) mass is 383 g/mol. The lowest BCUT2D eigenvalue weighted by molar-refractivity contribution is -0.127. The molecule has 2 fully saturated rings. The van der Waals surface area contributed by atoms with Crippen molar-refractivity contribution >= 4 is 22.9 Å². The van der Waals surface area contributed by atoms with Crippen molar-refractivity contribution in [3.05, 3.63) is 28.2 Å². The minimum Gasteiger partial charge on any atom is -0.351 e. The Hall–Kier alpha value is -2.44. The number of aromatic nitrogens is 3. The van der Waals surface area contributed by atoms with E-state index in [1.54, 1.807) is 6.07 Å². The van der Waals surface area contributed by atoms with Gasteiger partial charge in [-0.25, -0.2) is 4.98 Å². The molecule has 0 spiro atoms. The fourth-order valence-electron chi connectivity index (χ4n) is 4.21. The van der Waals surface area contributed by atoms with Gasteiger partial charge in [0.15, 0.2) is 0 Å². The van der Waals surface area contributed by atoms with Crippen molar-refractivity contribution < 1.29 is 4.79 Å². The van der Waals surface area contributed by atoms with E-state index in [-0.39, 0.29) is 29.0 Å². The number of nitrogens with zero attached hydrogens (tertiary/aromatic N) is 4. The SMILES string of the molecule is Cc1cc(=O)n(C2CCCC2)c2nc(N3CC(C(=O)NC(C)(C)C)C3)ncc12. The zero-order valence-corrected chi connectivity index (χ0v) is 17.2. The quantitative estimate of drug-likeness (QED) is 0.881. The number of pyridine rings is 1. The number of carbonyl (C=O) groups excluding carboxylic acids is 1. The van der Waals surface area contributed by atoms with Gasteiger partial charge in [-0.1, -0.05) is 12.8 Å². The molecule has 0 atom stereocenters. The Labute approximate surface area is 165 Å². The first-order valence-corrected chi connectivity index (χ1v) is 10.2. The summed E-state index contributed by atoms with van der Waals surface area (Å²) in [5.74, 6) is 0.625. The van der Waals surface area contributed by atoms with Gasteiger partial charge in [-0.15, -0.1) is 0 Å². The van der Waals surface area contributed by atoms with E-state index in [0.29, 0.717) is 19.0 Å². The molecule has 150 valence electrons. The highest BCUT2D eigenvalue weighted by atomic mass is 16.2. The minimum absolute atomic E-state index is 0.0209. The molecule has 0 unspecified atom stereocenters. The number of carbonyl (C=O) groups is 1. The average molecular weight is 383 g/mol. The van der Waals surface area contributed by atoms with Gasteiger partial charge >= 0.3 is 0 Å². The Kier molecular flexibility index (Phi) is 4.63. The average Bonchev–Trinajstić information content (AvgIpc) is 3.05. The molecule has 7 nitrogen and oxygen atoms in total. The number of rotatable bonds is 3. The van der Waals surface area contributed by atoms with E-state index in [1.807, 2.05) is 43.4 Å². The molecule has 7 heteroatoms. The zero-order valence-electron chi connectivity index (χ0n) is 17.2. The number of aryl methyl sites for hydroxylation is 1. The van der Waals surface area contributed by atoms with Gasteiger partial charge in [-0.05, 0) is 46.1 Å². The van der Waals surface area contributed by atoms with Gasteiger partial charge in [0, 0.05) is 42.3 Å². The lowest BCUT2D eigenvalue weighted by Crippen LogP contribution is -2.57. The molecule has 2 aromatic rings. The van der Waals surface area contributed by atoms with Crippen LogP contribution in [0.1, 0.15) is 58.1 Å². The van der Waals surface area contributed by atoms with E-state index < -0.39 is 0 Å². The van der Waals surface area contributed by atoms with Gasteiger partial charge in [0.25, 0.3) is 5.56 Å².